The quantitative estimate of drug-likeness (QED) is 0.583. The standard InChI is InChI=1S/C20H24ClNO3/c1-2-3-4-5-13-24-18-7-6-8-19(14-18)25-15-20(23)22-17-11-9-16(21)10-12-17/h6-12,14H,2-5,13,15H2,1H3,(H,22,23). The number of hydrogen-bond donors (Lipinski definition) is 1. The number of anilines is 1. The van der Waals surface area contributed by atoms with Crippen LogP contribution in [0.3, 0.4) is 0 Å². The largest absolute Gasteiger partial charge is 0.493 e. The van der Waals surface area contributed by atoms with Crippen LogP contribution in [0.1, 0.15) is 32.6 Å². The highest BCUT2D eigenvalue weighted by atomic mass is 35.5. The van der Waals surface area contributed by atoms with E-state index in [4.69, 9.17) is 21.1 Å². The smallest absolute Gasteiger partial charge is 0.262 e. The van der Waals surface area contributed by atoms with Crippen molar-refractivity contribution in [3.8, 4) is 11.5 Å². The molecule has 25 heavy (non-hydrogen) atoms. The van der Waals surface area contributed by atoms with Crippen LogP contribution >= 0.6 is 11.6 Å². The fourth-order valence-corrected chi connectivity index (χ4v) is 2.38. The molecule has 0 bridgehead atoms. The summed E-state index contributed by atoms with van der Waals surface area (Å²) in [5.74, 6) is 1.14. The van der Waals surface area contributed by atoms with Gasteiger partial charge in [0.05, 0.1) is 6.61 Å². The zero-order valence-electron chi connectivity index (χ0n) is 14.5. The SMILES string of the molecule is CCCCCCOc1cccc(OCC(=O)Nc2ccc(Cl)cc2)c1. The highest BCUT2D eigenvalue weighted by Crippen LogP contribution is 2.20. The van der Waals surface area contributed by atoms with Crippen LogP contribution in [0, 0.1) is 0 Å². The molecule has 5 heteroatoms. The summed E-state index contributed by atoms with van der Waals surface area (Å²) < 4.78 is 11.2. The predicted octanol–water partition coefficient (Wildman–Crippen LogP) is 5.32. The Hall–Kier alpha value is -2.20. The molecule has 1 amide bonds. The van der Waals surface area contributed by atoms with Crippen molar-refractivity contribution in [1.82, 2.24) is 0 Å². The molecule has 2 aromatic rings. The van der Waals surface area contributed by atoms with E-state index in [1.54, 1.807) is 36.4 Å². The summed E-state index contributed by atoms with van der Waals surface area (Å²) in [6.45, 7) is 2.81. The molecule has 1 N–H and O–H groups in total. The van der Waals surface area contributed by atoms with Gasteiger partial charge in [-0.2, -0.15) is 0 Å². The molecule has 0 saturated heterocycles. The molecule has 0 heterocycles. The van der Waals surface area contributed by atoms with Crippen LogP contribution in [-0.2, 0) is 4.79 Å². The Kier molecular flexibility index (Phi) is 8.13. The minimum atomic E-state index is -0.229. The van der Waals surface area contributed by atoms with Gasteiger partial charge in [0, 0.05) is 16.8 Å². The molecule has 134 valence electrons. The van der Waals surface area contributed by atoms with E-state index < -0.39 is 0 Å². The lowest BCUT2D eigenvalue weighted by atomic mass is 10.2. The second kappa shape index (κ2) is 10.6. The van der Waals surface area contributed by atoms with Gasteiger partial charge in [0.1, 0.15) is 11.5 Å². The van der Waals surface area contributed by atoms with E-state index in [1.807, 2.05) is 12.1 Å². The molecule has 0 aromatic heterocycles. The summed E-state index contributed by atoms with van der Waals surface area (Å²) in [7, 11) is 0. The lowest BCUT2D eigenvalue weighted by Gasteiger charge is -2.10. The topological polar surface area (TPSA) is 47.6 Å². The molecule has 0 aliphatic heterocycles. The Morgan fingerprint density at radius 2 is 1.72 bits per heavy atom. The molecule has 0 fully saturated rings. The second-order valence-corrected chi connectivity index (χ2v) is 6.16. The van der Waals surface area contributed by atoms with Crippen molar-refractivity contribution >= 4 is 23.2 Å². The van der Waals surface area contributed by atoms with Crippen LogP contribution in [0.25, 0.3) is 0 Å². The lowest BCUT2D eigenvalue weighted by Crippen LogP contribution is -2.20. The van der Waals surface area contributed by atoms with Crippen LogP contribution in [0.15, 0.2) is 48.5 Å². The van der Waals surface area contributed by atoms with Gasteiger partial charge in [0.25, 0.3) is 5.91 Å². The molecule has 4 nitrogen and oxygen atoms in total. The fourth-order valence-electron chi connectivity index (χ4n) is 2.25. The number of rotatable bonds is 10. The van der Waals surface area contributed by atoms with Gasteiger partial charge >= 0.3 is 0 Å². The second-order valence-electron chi connectivity index (χ2n) is 5.73. The van der Waals surface area contributed by atoms with Gasteiger partial charge in [-0.1, -0.05) is 43.9 Å². The third-order valence-corrected chi connectivity index (χ3v) is 3.82. The Labute approximate surface area is 154 Å². The van der Waals surface area contributed by atoms with E-state index in [-0.39, 0.29) is 12.5 Å². The minimum absolute atomic E-state index is 0.0669. The number of carbonyl (C=O) groups excluding carboxylic acids is 1. The Bertz CT molecular complexity index is 658. The predicted molar refractivity (Wildman–Crippen MR) is 102 cm³/mol. The molecule has 0 spiro atoms. The van der Waals surface area contributed by atoms with Gasteiger partial charge in [-0.25, -0.2) is 0 Å². The zero-order valence-corrected chi connectivity index (χ0v) is 15.2. The van der Waals surface area contributed by atoms with E-state index in [0.717, 1.165) is 12.2 Å². The first-order valence-electron chi connectivity index (χ1n) is 8.58. The molecule has 0 saturated carbocycles. The molecule has 2 rings (SSSR count). The first-order chi connectivity index (χ1) is 12.2. The van der Waals surface area contributed by atoms with E-state index in [2.05, 4.69) is 12.2 Å². The number of carbonyl (C=O) groups is 1. The average Bonchev–Trinajstić information content (AvgIpc) is 2.62. The van der Waals surface area contributed by atoms with Gasteiger partial charge in [-0.3, -0.25) is 4.79 Å². The van der Waals surface area contributed by atoms with E-state index in [1.165, 1.54) is 19.3 Å². The molecule has 0 unspecified atom stereocenters. The fraction of sp³-hybridized carbons (Fsp3) is 0.350. The van der Waals surface area contributed by atoms with Gasteiger partial charge in [0.2, 0.25) is 0 Å². The average molecular weight is 362 g/mol. The van der Waals surface area contributed by atoms with Gasteiger partial charge in [-0.15, -0.1) is 0 Å². The van der Waals surface area contributed by atoms with Crippen LogP contribution < -0.4 is 14.8 Å². The van der Waals surface area contributed by atoms with E-state index in [9.17, 15) is 4.79 Å². The first-order valence-corrected chi connectivity index (χ1v) is 8.96. The van der Waals surface area contributed by atoms with Crippen molar-refractivity contribution in [3.05, 3.63) is 53.6 Å². The summed E-state index contributed by atoms with van der Waals surface area (Å²) in [6, 6.07) is 14.3. The zero-order chi connectivity index (χ0) is 17.9. The van der Waals surface area contributed by atoms with Gasteiger partial charge < -0.3 is 14.8 Å². The number of unbranched alkanes of at least 4 members (excludes halogenated alkanes) is 3. The molecule has 0 atom stereocenters. The number of amides is 1. The van der Waals surface area contributed by atoms with Crippen LogP contribution in [-0.4, -0.2) is 19.1 Å². The number of halogens is 1. The summed E-state index contributed by atoms with van der Waals surface area (Å²) >= 11 is 5.82. The summed E-state index contributed by atoms with van der Waals surface area (Å²) in [5, 5.41) is 3.38. The van der Waals surface area contributed by atoms with Crippen molar-refractivity contribution in [2.75, 3.05) is 18.5 Å². The Morgan fingerprint density at radius 1 is 1.00 bits per heavy atom. The summed E-state index contributed by atoms with van der Waals surface area (Å²) in [4.78, 5) is 11.9. The molecule has 2 aromatic carbocycles. The molecular formula is C20H24ClNO3. The Balaban J connectivity index is 1.75. The highest BCUT2D eigenvalue weighted by molar-refractivity contribution is 6.30. The highest BCUT2D eigenvalue weighted by Gasteiger charge is 2.05. The monoisotopic (exact) mass is 361 g/mol. The summed E-state index contributed by atoms with van der Waals surface area (Å²) in [6.07, 6.45) is 4.66. The van der Waals surface area contributed by atoms with Crippen molar-refractivity contribution in [1.29, 1.82) is 0 Å². The van der Waals surface area contributed by atoms with Crippen molar-refractivity contribution < 1.29 is 14.3 Å². The number of benzene rings is 2. The number of hydrogen-bond acceptors (Lipinski definition) is 3. The number of ether oxygens (including phenoxy) is 2. The third kappa shape index (κ3) is 7.48. The minimum Gasteiger partial charge on any atom is -0.493 e. The maximum atomic E-state index is 11.9. The molecule has 0 aliphatic rings. The van der Waals surface area contributed by atoms with Gasteiger partial charge in [-0.05, 0) is 42.8 Å². The summed E-state index contributed by atoms with van der Waals surface area (Å²) in [5.41, 5.74) is 0.683. The molecule has 0 aliphatic carbocycles. The van der Waals surface area contributed by atoms with E-state index >= 15 is 0 Å². The molecule has 0 radical (unpaired) electrons. The maximum Gasteiger partial charge on any atom is 0.262 e. The third-order valence-electron chi connectivity index (χ3n) is 3.57. The lowest BCUT2D eigenvalue weighted by molar-refractivity contribution is -0.118. The van der Waals surface area contributed by atoms with Crippen LogP contribution in [0.5, 0.6) is 11.5 Å². The number of nitrogens with one attached hydrogen (secondary N) is 1. The normalized spacial score (nSPS) is 10.3. The van der Waals surface area contributed by atoms with Crippen LogP contribution in [0.2, 0.25) is 5.02 Å². The van der Waals surface area contributed by atoms with Crippen LogP contribution in [0.4, 0.5) is 5.69 Å². The Morgan fingerprint density at radius 3 is 2.44 bits per heavy atom. The van der Waals surface area contributed by atoms with Crippen molar-refractivity contribution in [3.63, 3.8) is 0 Å². The molecular weight excluding hydrogens is 338 g/mol. The van der Waals surface area contributed by atoms with Crippen molar-refractivity contribution in [2.24, 2.45) is 0 Å². The maximum absolute atomic E-state index is 11.9. The van der Waals surface area contributed by atoms with Crippen molar-refractivity contribution in [2.45, 2.75) is 32.6 Å². The van der Waals surface area contributed by atoms with E-state index in [0.29, 0.717) is 23.1 Å². The first kappa shape index (κ1) is 19.1. The van der Waals surface area contributed by atoms with Gasteiger partial charge in [0.15, 0.2) is 6.61 Å².